The van der Waals surface area contributed by atoms with Crippen LogP contribution in [0.3, 0.4) is 0 Å². The highest BCUT2D eigenvalue weighted by Crippen LogP contribution is 2.24. The number of esters is 1. The molecule has 1 aliphatic rings. The first-order chi connectivity index (χ1) is 9.78. The standard InChI is InChI=1S/C13H22F3N3O2.HI/c1-4-17-12(18-6-5-13(14,15)16)19-7-9(2)10(8-19)11(20)21-3;/h9-10H,4-8H2,1-3H3,(H,17,18);1H. The van der Waals surface area contributed by atoms with E-state index in [-0.39, 0.29) is 48.3 Å². The Kier molecular flexibility index (Phi) is 9.09. The molecule has 0 saturated carbocycles. The van der Waals surface area contributed by atoms with Crippen molar-refractivity contribution < 1.29 is 22.7 Å². The van der Waals surface area contributed by atoms with Crippen LogP contribution in [0.1, 0.15) is 20.3 Å². The molecule has 1 fully saturated rings. The van der Waals surface area contributed by atoms with E-state index in [1.807, 2.05) is 18.7 Å². The van der Waals surface area contributed by atoms with Gasteiger partial charge in [0, 0.05) is 19.6 Å². The van der Waals surface area contributed by atoms with E-state index < -0.39 is 12.6 Å². The van der Waals surface area contributed by atoms with Crippen LogP contribution in [0.5, 0.6) is 0 Å². The molecule has 0 amide bonds. The molecule has 22 heavy (non-hydrogen) atoms. The Morgan fingerprint density at radius 3 is 2.55 bits per heavy atom. The smallest absolute Gasteiger partial charge is 0.390 e. The highest BCUT2D eigenvalue weighted by atomic mass is 127. The summed E-state index contributed by atoms with van der Waals surface area (Å²) in [4.78, 5) is 17.4. The number of nitrogens with one attached hydrogen (secondary N) is 1. The van der Waals surface area contributed by atoms with Gasteiger partial charge in [-0.25, -0.2) is 0 Å². The second-order valence-corrected chi connectivity index (χ2v) is 5.11. The van der Waals surface area contributed by atoms with Crippen LogP contribution in [0.25, 0.3) is 0 Å². The van der Waals surface area contributed by atoms with Crippen molar-refractivity contribution >= 4 is 35.9 Å². The lowest BCUT2D eigenvalue weighted by Crippen LogP contribution is -2.40. The molecule has 1 aliphatic heterocycles. The van der Waals surface area contributed by atoms with Gasteiger partial charge in [-0.1, -0.05) is 6.92 Å². The van der Waals surface area contributed by atoms with Gasteiger partial charge in [0.2, 0.25) is 0 Å². The van der Waals surface area contributed by atoms with Gasteiger partial charge in [-0.05, 0) is 12.8 Å². The van der Waals surface area contributed by atoms with Crippen LogP contribution in [0.4, 0.5) is 13.2 Å². The number of ether oxygens (including phenoxy) is 1. The maximum Gasteiger partial charge on any atom is 0.390 e. The van der Waals surface area contributed by atoms with Gasteiger partial charge in [0.1, 0.15) is 0 Å². The number of halogens is 4. The Labute approximate surface area is 145 Å². The van der Waals surface area contributed by atoms with Crippen LogP contribution in [-0.2, 0) is 9.53 Å². The number of methoxy groups -OCH3 is 1. The summed E-state index contributed by atoms with van der Waals surface area (Å²) in [7, 11) is 1.33. The van der Waals surface area contributed by atoms with Gasteiger partial charge in [0.25, 0.3) is 0 Å². The number of hydrogen-bond acceptors (Lipinski definition) is 3. The number of alkyl halides is 3. The molecular formula is C13H23F3IN3O2. The second-order valence-electron chi connectivity index (χ2n) is 5.11. The van der Waals surface area contributed by atoms with Gasteiger partial charge in [0.15, 0.2) is 5.96 Å². The predicted molar refractivity (Wildman–Crippen MR) is 88.3 cm³/mol. The molecule has 1 rings (SSSR count). The molecule has 5 nitrogen and oxygen atoms in total. The topological polar surface area (TPSA) is 53.9 Å². The van der Waals surface area contributed by atoms with Gasteiger partial charge in [-0.3, -0.25) is 9.79 Å². The molecule has 2 atom stereocenters. The third-order valence-corrected chi connectivity index (χ3v) is 3.41. The zero-order chi connectivity index (χ0) is 16.0. The molecule has 0 aromatic heterocycles. The van der Waals surface area contributed by atoms with Crippen LogP contribution in [0.15, 0.2) is 4.99 Å². The quantitative estimate of drug-likeness (QED) is 0.318. The maximum atomic E-state index is 12.2. The molecule has 0 spiro atoms. The largest absolute Gasteiger partial charge is 0.469 e. The third kappa shape index (κ3) is 6.57. The molecule has 2 unspecified atom stereocenters. The van der Waals surface area contributed by atoms with E-state index in [9.17, 15) is 18.0 Å². The lowest BCUT2D eigenvalue weighted by Gasteiger charge is -2.21. The third-order valence-electron chi connectivity index (χ3n) is 3.41. The average molecular weight is 437 g/mol. The summed E-state index contributed by atoms with van der Waals surface area (Å²) >= 11 is 0. The number of likely N-dealkylation sites (tertiary alicyclic amines) is 1. The van der Waals surface area contributed by atoms with Crippen molar-refractivity contribution in [3.63, 3.8) is 0 Å². The van der Waals surface area contributed by atoms with Crippen molar-refractivity contribution in [3.8, 4) is 0 Å². The zero-order valence-corrected chi connectivity index (χ0v) is 15.3. The summed E-state index contributed by atoms with van der Waals surface area (Å²) < 4.78 is 41.3. The molecule has 130 valence electrons. The van der Waals surface area contributed by atoms with Crippen molar-refractivity contribution in [2.24, 2.45) is 16.8 Å². The first-order valence-corrected chi connectivity index (χ1v) is 6.96. The molecule has 0 radical (unpaired) electrons. The predicted octanol–water partition coefficient (Wildman–Crippen LogP) is 2.26. The highest BCUT2D eigenvalue weighted by molar-refractivity contribution is 14.0. The second kappa shape index (κ2) is 9.41. The summed E-state index contributed by atoms with van der Waals surface area (Å²) in [5.74, 6) is -0.0819. The fourth-order valence-corrected chi connectivity index (χ4v) is 2.31. The van der Waals surface area contributed by atoms with Crippen molar-refractivity contribution in [1.29, 1.82) is 0 Å². The van der Waals surface area contributed by atoms with Crippen molar-refractivity contribution in [2.75, 3.05) is 33.3 Å². The zero-order valence-electron chi connectivity index (χ0n) is 12.9. The van der Waals surface area contributed by atoms with E-state index >= 15 is 0 Å². The number of hydrogen-bond donors (Lipinski definition) is 1. The highest BCUT2D eigenvalue weighted by Gasteiger charge is 2.37. The number of guanidine groups is 1. The van der Waals surface area contributed by atoms with Gasteiger partial charge in [-0.2, -0.15) is 13.2 Å². The summed E-state index contributed by atoms with van der Waals surface area (Å²) in [5, 5.41) is 2.97. The van der Waals surface area contributed by atoms with Crippen LogP contribution in [-0.4, -0.2) is 56.3 Å². The molecule has 1 heterocycles. The van der Waals surface area contributed by atoms with E-state index in [1.165, 1.54) is 7.11 Å². The first kappa shape index (κ1) is 21.3. The molecule has 0 bridgehead atoms. The minimum atomic E-state index is -4.21. The number of rotatable bonds is 4. The lowest BCUT2D eigenvalue weighted by atomic mass is 9.99. The van der Waals surface area contributed by atoms with Crippen LogP contribution >= 0.6 is 24.0 Å². The van der Waals surface area contributed by atoms with Crippen molar-refractivity contribution in [1.82, 2.24) is 10.2 Å². The molecule has 0 aromatic rings. The lowest BCUT2D eigenvalue weighted by molar-refractivity contribution is -0.146. The fourth-order valence-electron chi connectivity index (χ4n) is 2.31. The molecule has 1 saturated heterocycles. The SMILES string of the molecule is CCNC(=NCCC(F)(F)F)N1CC(C)C(C(=O)OC)C1.I. The van der Waals surface area contributed by atoms with E-state index in [0.717, 1.165) is 0 Å². The van der Waals surface area contributed by atoms with Gasteiger partial charge >= 0.3 is 12.1 Å². The minimum Gasteiger partial charge on any atom is -0.469 e. The Hall–Kier alpha value is -0.740. The number of aliphatic imine (C=N–C) groups is 1. The Morgan fingerprint density at radius 1 is 1.41 bits per heavy atom. The molecule has 0 aromatic carbocycles. The van der Waals surface area contributed by atoms with Gasteiger partial charge in [0.05, 0.1) is 26.0 Å². The van der Waals surface area contributed by atoms with Crippen LogP contribution in [0.2, 0.25) is 0 Å². The minimum absolute atomic E-state index is 0. The molecule has 9 heteroatoms. The number of carbonyl (C=O) groups excluding carboxylic acids is 1. The monoisotopic (exact) mass is 437 g/mol. The molecular weight excluding hydrogens is 414 g/mol. The fraction of sp³-hybridized carbons (Fsp3) is 0.846. The number of nitrogens with zero attached hydrogens (tertiary/aromatic N) is 2. The maximum absolute atomic E-state index is 12.2. The summed E-state index contributed by atoms with van der Waals surface area (Å²) in [5.41, 5.74) is 0. The van der Waals surface area contributed by atoms with Gasteiger partial charge < -0.3 is 15.0 Å². The summed E-state index contributed by atoms with van der Waals surface area (Å²) in [6.45, 7) is 4.97. The summed E-state index contributed by atoms with van der Waals surface area (Å²) in [6.07, 6.45) is -5.17. The van der Waals surface area contributed by atoms with E-state index in [0.29, 0.717) is 25.6 Å². The number of carbonyl (C=O) groups is 1. The van der Waals surface area contributed by atoms with E-state index in [4.69, 9.17) is 4.74 Å². The Balaban J connectivity index is 0.00000441. The molecule has 1 N–H and O–H groups in total. The summed E-state index contributed by atoms with van der Waals surface area (Å²) in [6, 6.07) is 0. The van der Waals surface area contributed by atoms with E-state index in [1.54, 1.807) is 0 Å². The Morgan fingerprint density at radius 2 is 2.05 bits per heavy atom. The van der Waals surface area contributed by atoms with E-state index in [2.05, 4.69) is 10.3 Å². The van der Waals surface area contributed by atoms with Crippen molar-refractivity contribution in [2.45, 2.75) is 26.4 Å². The molecule has 0 aliphatic carbocycles. The van der Waals surface area contributed by atoms with Crippen LogP contribution < -0.4 is 5.32 Å². The van der Waals surface area contributed by atoms with Crippen LogP contribution in [0, 0.1) is 11.8 Å². The average Bonchev–Trinajstić information content (AvgIpc) is 2.77. The first-order valence-electron chi connectivity index (χ1n) is 6.96. The Bertz CT molecular complexity index is 391. The normalized spacial score (nSPS) is 22.3. The van der Waals surface area contributed by atoms with Gasteiger partial charge in [-0.15, -0.1) is 24.0 Å². The van der Waals surface area contributed by atoms with Crippen molar-refractivity contribution in [3.05, 3.63) is 0 Å².